The number of carboxylic acids is 1. The molecule has 1 rings (SSSR count). The summed E-state index contributed by atoms with van der Waals surface area (Å²) in [4.78, 5) is 21.1. The molecule has 0 aromatic rings. The van der Waals surface area contributed by atoms with Crippen LogP contribution in [0.2, 0.25) is 0 Å². The SMILES string of the molecule is O=C(O)[C@@H]1C[C@H](O)[C@H](NC(=O)C(F)(F)F)C1. The molecule has 3 atom stereocenters. The maximum absolute atomic E-state index is 11.9. The van der Waals surface area contributed by atoms with E-state index in [-0.39, 0.29) is 12.8 Å². The van der Waals surface area contributed by atoms with E-state index in [1.807, 2.05) is 0 Å². The molecule has 3 N–H and O–H groups in total. The van der Waals surface area contributed by atoms with E-state index in [1.165, 1.54) is 0 Å². The minimum Gasteiger partial charge on any atom is -0.481 e. The summed E-state index contributed by atoms with van der Waals surface area (Å²) < 4.78 is 35.6. The molecule has 1 aliphatic carbocycles. The van der Waals surface area contributed by atoms with Gasteiger partial charge in [-0.05, 0) is 12.8 Å². The Morgan fingerprint density at radius 1 is 1.25 bits per heavy atom. The van der Waals surface area contributed by atoms with Crippen LogP contribution in [0.4, 0.5) is 13.2 Å². The molecule has 0 radical (unpaired) electrons. The van der Waals surface area contributed by atoms with E-state index in [2.05, 4.69) is 0 Å². The van der Waals surface area contributed by atoms with Gasteiger partial charge < -0.3 is 15.5 Å². The molecule has 1 aliphatic rings. The second-order valence-corrected chi connectivity index (χ2v) is 3.65. The number of aliphatic hydroxyl groups is 1. The van der Waals surface area contributed by atoms with Gasteiger partial charge in [0.2, 0.25) is 0 Å². The molecule has 0 unspecified atom stereocenters. The summed E-state index contributed by atoms with van der Waals surface area (Å²) in [5.74, 6) is -4.28. The number of amides is 1. The van der Waals surface area contributed by atoms with E-state index in [1.54, 1.807) is 5.32 Å². The maximum atomic E-state index is 11.9. The standard InChI is InChI=1S/C8H10F3NO4/c9-8(10,11)7(16)12-4-1-3(6(14)15)2-5(4)13/h3-5,13H,1-2H2,(H,12,16)(H,14,15)/t3-,4+,5-/m0/s1. The van der Waals surface area contributed by atoms with Gasteiger partial charge in [0.1, 0.15) is 0 Å². The van der Waals surface area contributed by atoms with Gasteiger partial charge in [-0.25, -0.2) is 0 Å². The minimum atomic E-state index is -5.03. The molecule has 0 aromatic heterocycles. The summed E-state index contributed by atoms with van der Waals surface area (Å²) >= 11 is 0. The van der Waals surface area contributed by atoms with Crippen molar-refractivity contribution in [2.24, 2.45) is 5.92 Å². The van der Waals surface area contributed by atoms with Crippen LogP contribution in [-0.4, -0.2) is 40.4 Å². The highest BCUT2D eigenvalue weighted by Gasteiger charge is 2.44. The molecule has 5 nitrogen and oxygen atoms in total. The van der Waals surface area contributed by atoms with Crippen molar-refractivity contribution in [1.82, 2.24) is 5.32 Å². The summed E-state index contributed by atoms with van der Waals surface area (Å²) in [5, 5.41) is 19.5. The average Bonchev–Trinajstić information content (AvgIpc) is 2.46. The van der Waals surface area contributed by atoms with E-state index in [4.69, 9.17) is 5.11 Å². The van der Waals surface area contributed by atoms with Crippen LogP contribution in [0.5, 0.6) is 0 Å². The summed E-state index contributed by atoms with van der Waals surface area (Å²) in [7, 11) is 0. The third kappa shape index (κ3) is 2.84. The van der Waals surface area contributed by atoms with Crippen LogP contribution in [0.1, 0.15) is 12.8 Å². The molecule has 16 heavy (non-hydrogen) atoms. The Morgan fingerprint density at radius 3 is 2.19 bits per heavy atom. The molecule has 0 aromatic carbocycles. The lowest BCUT2D eigenvalue weighted by Crippen LogP contribution is -2.46. The van der Waals surface area contributed by atoms with Crippen molar-refractivity contribution in [2.75, 3.05) is 0 Å². The zero-order valence-corrected chi connectivity index (χ0v) is 7.99. The first-order valence-corrected chi connectivity index (χ1v) is 4.50. The summed E-state index contributed by atoms with van der Waals surface area (Å²) in [6.07, 6.45) is -6.63. The van der Waals surface area contributed by atoms with Gasteiger partial charge in [0.15, 0.2) is 0 Å². The molecule has 8 heteroatoms. The Balaban J connectivity index is 2.57. The lowest BCUT2D eigenvalue weighted by Gasteiger charge is -2.17. The second-order valence-electron chi connectivity index (χ2n) is 3.65. The number of rotatable bonds is 2. The summed E-state index contributed by atoms with van der Waals surface area (Å²) in [6.45, 7) is 0. The molecular formula is C8H10F3NO4. The fourth-order valence-corrected chi connectivity index (χ4v) is 1.62. The van der Waals surface area contributed by atoms with Crippen LogP contribution in [0.25, 0.3) is 0 Å². The molecule has 0 saturated heterocycles. The lowest BCUT2D eigenvalue weighted by atomic mass is 10.1. The Hall–Kier alpha value is -1.31. The first-order chi connectivity index (χ1) is 7.21. The predicted octanol–water partition coefficient (Wildman–Crippen LogP) is -0.111. The number of alkyl halides is 3. The minimum absolute atomic E-state index is 0.155. The van der Waals surface area contributed by atoms with Crippen molar-refractivity contribution < 1.29 is 33.0 Å². The molecule has 1 amide bonds. The van der Waals surface area contributed by atoms with E-state index in [0.717, 1.165) is 0 Å². The van der Waals surface area contributed by atoms with Crippen LogP contribution in [0.3, 0.4) is 0 Å². The topological polar surface area (TPSA) is 86.6 Å². The number of aliphatic hydroxyl groups excluding tert-OH is 1. The van der Waals surface area contributed by atoms with Gasteiger partial charge in [0, 0.05) is 0 Å². The summed E-state index contributed by atoms with van der Waals surface area (Å²) in [5.41, 5.74) is 0. The lowest BCUT2D eigenvalue weighted by molar-refractivity contribution is -0.175. The fraction of sp³-hybridized carbons (Fsp3) is 0.750. The van der Waals surface area contributed by atoms with Crippen LogP contribution >= 0.6 is 0 Å². The Labute approximate surface area is 88.2 Å². The first-order valence-electron chi connectivity index (χ1n) is 4.50. The number of carboxylic acid groups (broad SMARTS) is 1. The van der Waals surface area contributed by atoms with Crippen LogP contribution in [0.15, 0.2) is 0 Å². The molecule has 0 spiro atoms. The zero-order valence-electron chi connectivity index (χ0n) is 7.99. The Morgan fingerprint density at radius 2 is 1.81 bits per heavy atom. The van der Waals surface area contributed by atoms with Gasteiger partial charge in [-0.2, -0.15) is 13.2 Å². The van der Waals surface area contributed by atoms with Gasteiger partial charge >= 0.3 is 18.1 Å². The number of hydrogen-bond donors (Lipinski definition) is 3. The molecular weight excluding hydrogens is 231 g/mol. The largest absolute Gasteiger partial charge is 0.481 e. The highest BCUT2D eigenvalue weighted by Crippen LogP contribution is 2.27. The monoisotopic (exact) mass is 241 g/mol. The number of nitrogens with one attached hydrogen (secondary N) is 1. The second kappa shape index (κ2) is 4.28. The van der Waals surface area contributed by atoms with E-state index in [0.29, 0.717) is 0 Å². The molecule has 1 fully saturated rings. The number of carbonyl (C=O) groups excluding carboxylic acids is 1. The number of hydrogen-bond acceptors (Lipinski definition) is 3. The van der Waals surface area contributed by atoms with Gasteiger partial charge in [0.05, 0.1) is 18.1 Å². The van der Waals surface area contributed by atoms with Gasteiger partial charge in [-0.1, -0.05) is 0 Å². The van der Waals surface area contributed by atoms with Gasteiger partial charge in [0.25, 0.3) is 0 Å². The molecule has 0 heterocycles. The normalized spacial score (nSPS) is 30.1. The first kappa shape index (κ1) is 12.8. The van der Waals surface area contributed by atoms with Crippen LogP contribution in [-0.2, 0) is 9.59 Å². The number of aliphatic carboxylic acids is 1. The van der Waals surface area contributed by atoms with Crippen molar-refractivity contribution in [2.45, 2.75) is 31.2 Å². The van der Waals surface area contributed by atoms with Crippen molar-refractivity contribution in [3.8, 4) is 0 Å². The fourth-order valence-electron chi connectivity index (χ4n) is 1.62. The Bertz CT molecular complexity index is 304. The van der Waals surface area contributed by atoms with Crippen LogP contribution in [0, 0.1) is 5.92 Å². The third-order valence-corrected chi connectivity index (χ3v) is 2.45. The maximum Gasteiger partial charge on any atom is 0.471 e. The van der Waals surface area contributed by atoms with E-state index in [9.17, 15) is 27.9 Å². The zero-order chi connectivity index (χ0) is 12.5. The molecule has 0 aliphatic heterocycles. The highest BCUT2D eigenvalue weighted by atomic mass is 19.4. The highest BCUT2D eigenvalue weighted by molar-refractivity contribution is 5.82. The van der Waals surface area contributed by atoms with Gasteiger partial charge in [-0.3, -0.25) is 9.59 Å². The van der Waals surface area contributed by atoms with Crippen LogP contribution < -0.4 is 5.32 Å². The average molecular weight is 241 g/mol. The van der Waals surface area contributed by atoms with E-state index < -0.39 is 36.1 Å². The van der Waals surface area contributed by atoms with Gasteiger partial charge in [-0.15, -0.1) is 0 Å². The van der Waals surface area contributed by atoms with Crippen molar-refractivity contribution in [3.05, 3.63) is 0 Å². The van der Waals surface area contributed by atoms with Crippen molar-refractivity contribution in [1.29, 1.82) is 0 Å². The molecule has 0 bridgehead atoms. The quantitative estimate of drug-likeness (QED) is 0.629. The molecule has 1 saturated carbocycles. The predicted molar refractivity (Wildman–Crippen MR) is 44.4 cm³/mol. The third-order valence-electron chi connectivity index (χ3n) is 2.45. The Kier molecular flexibility index (Phi) is 3.41. The van der Waals surface area contributed by atoms with Crippen molar-refractivity contribution >= 4 is 11.9 Å². The number of carbonyl (C=O) groups is 2. The van der Waals surface area contributed by atoms with E-state index >= 15 is 0 Å². The smallest absolute Gasteiger partial charge is 0.471 e. The van der Waals surface area contributed by atoms with Crippen molar-refractivity contribution in [3.63, 3.8) is 0 Å². The summed E-state index contributed by atoms with van der Waals surface area (Å²) in [6, 6.07) is -1.16. The molecule has 92 valence electrons. The number of halogens is 3.